The predicted octanol–water partition coefficient (Wildman–Crippen LogP) is 6.28. The first-order chi connectivity index (χ1) is 15.7. The first-order valence-electron chi connectivity index (χ1n) is 13.8. The molecule has 6 rings (SSSR count). The average molecular weight is 457 g/mol. The van der Waals surface area contributed by atoms with Crippen molar-refractivity contribution in [2.45, 2.75) is 110 Å². The lowest BCUT2D eigenvalue weighted by Gasteiger charge is -2.58. The summed E-state index contributed by atoms with van der Waals surface area (Å²) in [7, 11) is 0. The van der Waals surface area contributed by atoms with E-state index < -0.39 is 0 Å². The summed E-state index contributed by atoms with van der Waals surface area (Å²) in [5.41, 5.74) is 2.24. The summed E-state index contributed by atoms with van der Waals surface area (Å²) in [6, 6.07) is 0. The van der Waals surface area contributed by atoms with Crippen LogP contribution in [-0.2, 0) is 19.0 Å². The quantitative estimate of drug-likeness (QED) is 0.344. The molecule has 5 fully saturated rings. The van der Waals surface area contributed by atoms with Crippen LogP contribution >= 0.6 is 0 Å². The number of allylic oxidation sites excluding steroid dienone is 1. The molecule has 33 heavy (non-hydrogen) atoms. The smallest absolute Gasteiger partial charge is 0.302 e. The number of hydrogen-bond acceptors (Lipinski definition) is 4. The van der Waals surface area contributed by atoms with E-state index in [2.05, 4.69) is 33.8 Å². The molecule has 184 valence electrons. The topological polar surface area (TPSA) is 44.8 Å². The molecular weight excluding hydrogens is 412 g/mol. The Morgan fingerprint density at radius 2 is 1.91 bits per heavy atom. The van der Waals surface area contributed by atoms with Crippen LogP contribution in [0.25, 0.3) is 0 Å². The Hall–Kier alpha value is -0.870. The molecule has 4 heteroatoms. The fourth-order valence-corrected chi connectivity index (χ4v) is 9.98. The molecule has 0 aromatic heterocycles. The molecule has 0 bridgehead atoms. The van der Waals surface area contributed by atoms with Gasteiger partial charge in [0.25, 0.3) is 0 Å². The lowest BCUT2D eigenvalue weighted by molar-refractivity contribution is -0.272. The van der Waals surface area contributed by atoms with Gasteiger partial charge in [0, 0.05) is 25.7 Å². The normalized spacial score (nSPS) is 55.2. The minimum atomic E-state index is -0.312. The third-order valence-corrected chi connectivity index (χ3v) is 11.7. The Labute approximate surface area is 200 Å². The molecule has 0 aromatic rings. The summed E-state index contributed by atoms with van der Waals surface area (Å²) in [5, 5.41) is 0. The Bertz CT molecular complexity index is 841. The zero-order chi connectivity index (χ0) is 23.2. The molecule has 2 saturated heterocycles. The zero-order valence-corrected chi connectivity index (χ0v) is 21.4. The molecule has 2 heterocycles. The van der Waals surface area contributed by atoms with Gasteiger partial charge in [-0.25, -0.2) is 0 Å². The van der Waals surface area contributed by atoms with Gasteiger partial charge in [-0.3, -0.25) is 4.79 Å². The van der Waals surface area contributed by atoms with Crippen LogP contribution in [0.15, 0.2) is 11.6 Å². The molecule has 4 aliphatic carbocycles. The summed E-state index contributed by atoms with van der Waals surface area (Å²) < 4.78 is 19.0. The number of esters is 1. The summed E-state index contributed by atoms with van der Waals surface area (Å²) in [6.07, 6.45) is 13.6. The van der Waals surface area contributed by atoms with Gasteiger partial charge in [0.05, 0.1) is 12.7 Å². The van der Waals surface area contributed by atoms with Gasteiger partial charge in [0.2, 0.25) is 0 Å². The Balaban J connectivity index is 1.24. The molecule has 3 saturated carbocycles. The largest absolute Gasteiger partial charge is 0.462 e. The van der Waals surface area contributed by atoms with Crippen molar-refractivity contribution in [2.24, 2.45) is 46.3 Å². The average Bonchev–Trinajstić information content (AvgIpc) is 3.21. The van der Waals surface area contributed by atoms with E-state index in [1.54, 1.807) is 12.5 Å². The third kappa shape index (κ3) is 3.18. The SMILES string of the molecule is CC(=O)O[C@H]1CC[C@@]2(C)C(=CCC3C2CC[C@@]2(C)C3C[C@@H]3O[C@]4(CC[C@@H](C)CO4)[C@H](C)[C@@H]32)C1. The summed E-state index contributed by atoms with van der Waals surface area (Å²) in [5.74, 6) is 3.64. The number of rotatable bonds is 1. The van der Waals surface area contributed by atoms with E-state index >= 15 is 0 Å². The van der Waals surface area contributed by atoms with Crippen LogP contribution in [0.1, 0.15) is 92.4 Å². The van der Waals surface area contributed by atoms with E-state index in [1.807, 2.05) is 0 Å². The molecular formula is C29H44O4. The maximum atomic E-state index is 11.5. The lowest BCUT2D eigenvalue weighted by atomic mass is 9.47. The molecule has 0 N–H and O–H groups in total. The van der Waals surface area contributed by atoms with Crippen LogP contribution in [0.2, 0.25) is 0 Å². The van der Waals surface area contributed by atoms with Gasteiger partial charge in [-0.1, -0.05) is 39.3 Å². The van der Waals surface area contributed by atoms with Crippen LogP contribution in [0.4, 0.5) is 0 Å². The highest BCUT2D eigenvalue weighted by Gasteiger charge is 2.68. The second-order valence-corrected chi connectivity index (χ2v) is 13.3. The fraction of sp³-hybridized carbons (Fsp3) is 0.897. The maximum absolute atomic E-state index is 11.5. The van der Waals surface area contributed by atoms with Crippen molar-refractivity contribution in [1.29, 1.82) is 0 Å². The van der Waals surface area contributed by atoms with Gasteiger partial charge in [0.1, 0.15) is 6.10 Å². The zero-order valence-electron chi connectivity index (χ0n) is 21.4. The Morgan fingerprint density at radius 1 is 1.09 bits per heavy atom. The second kappa shape index (κ2) is 7.56. The van der Waals surface area contributed by atoms with E-state index in [9.17, 15) is 4.79 Å². The fourth-order valence-electron chi connectivity index (χ4n) is 9.98. The van der Waals surface area contributed by atoms with Gasteiger partial charge < -0.3 is 14.2 Å². The van der Waals surface area contributed by atoms with Crippen molar-refractivity contribution >= 4 is 5.97 Å². The third-order valence-electron chi connectivity index (χ3n) is 11.7. The van der Waals surface area contributed by atoms with Crippen LogP contribution < -0.4 is 0 Å². The van der Waals surface area contributed by atoms with Gasteiger partial charge >= 0.3 is 5.97 Å². The highest BCUT2D eigenvalue weighted by Crippen LogP contribution is 2.70. The van der Waals surface area contributed by atoms with E-state index in [4.69, 9.17) is 14.2 Å². The van der Waals surface area contributed by atoms with Crippen molar-refractivity contribution in [3.8, 4) is 0 Å². The van der Waals surface area contributed by atoms with Crippen LogP contribution in [-0.4, -0.2) is 30.6 Å². The van der Waals surface area contributed by atoms with Crippen molar-refractivity contribution < 1.29 is 19.0 Å². The molecule has 0 aromatic carbocycles. The summed E-state index contributed by atoms with van der Waals surface area (Å²) in [4.78, 5) is 11.5. The van der Waals surface area contributed by atoms with Crippen LogP contribution in [0, 0.1) is 46.3 Å². The molecule has 11 atom stereocenters. The molecule has 0 radical (unpaired) electrons. The highest BCUT2D eigenvalue weighted by molar-refractivity contribution is 5.66. The highest BCUT2D eigenvalue weighted by atomic mass is 16.7. The molecule has 0 amide bonds. The first kappa shape index (κ1) is 22.6. The van der Waals surface area contributed by atoms with E-state index in [0.29, 0.717) is 29.3 Å². The molecule has 6 aliphatic rings. The van der Waals surface area contributed by atoms with E-state index in [1.165, 1.54) is 32.1 Å². The molecule has 3 unspecified atom stereocenters. The van der Waals surface area contributed by atoms with Crippen LogP contribution in [0.3, 0.4) is 0 Å². The maximum Gasteiger partial charge on any atom is 0.302 e. The number of fused-ring (bicyclic) bond motifs is 7. The summed E-state index contributed by atoms with van der Waals surface area (Å²) >= 11 is 0. The lowest BCUT2D eigenvalue weighted by Crippen LogP contribution is -2.52. The van der Waals surface area contributed by atoms with Gasteiger partial charge in [-0.15, -0.1) is 0 Å². The number of carbonyl (C=O) groups is 1. The van der Waals surface area contributed by atoms with Crippen LogP contribution in [0.5, 0.6) is 0 Å². The molecule has 2 aliphatic heterocycles. The predicted molar refractivity (Wildman–Crippen MR) is 127 cm³/mol. The molecule has 1 spiro atoms. The van der Waals surface area contributed by atoms with E-state index in [0.717, 1.165) is 50.0 Å². The van der Waals surface area contributed by atoms with Crippen molar-refractivity contribution in [3.63, 3.8) is 0 Å². The number of carbonyl (C=O) groups excluding carboxylic acids is 1. The van der Waals surface area contributed by atoms with Gasteiger partial charge in [0.15, 0.2) is 5.79 Å². The van der Waals surface area contributed by atoms with Crippen molar-refractivity contribution in [2.75, 3.05) is 6.61 Å². The Kier molecular flexibility index (Phi) is 5.18. The Morgan fingerprint density at radius 3 is 2.64 bits per heavy atom. The minimum absolute atomic E-state index is 0.0849. The second-order valence-electron chi connectivity index (χ2n) is 13.3. The van der Waals surface area contributed by atoms with Crippen molar-refractivity contribution in [3.05, 3.63) is 11.6 Å². The summed E-state index contributed by atoms with van der Waals surface area (Å²) in [6.45, 7) is 12.3. The standard InChI is InChI=1S/C29H44O4/c1-17-8-13-29(31-16-17)18(2)26-25(33-29)15-24-22-7-6-20-14-21(32-19(3)30)9-11-27(20,4)23(22)10-12-28(24,26)5/h6,17-18,21-26H,7-16H2,1-5H3/t17-,18-,21+,22?,23?,24?,25+,26+,27+,28+,29-/m1/s1. The first-order valence-corrected chi connectivity index (χ1v) is 13.8. The number of ether oxygens (including phenoxy) is 3. The van der Waals surface area contributed by atoms with Crippen molar-refractivity contribution in [1.82, 2.24) is 0 Å². The van der Waals surface area contributed by atoms with E-state index in [-0.39, 0.29) is 23.3 Å². The van der Waals surface area contributed by atoms with Gasteiger partial charge in [-0.2, -0.15) is 0 Å². The minimum Gasteiger partial charge on any atom is -0.462 e. The monoisotopic (exact) mass is 456 g/mol. The number of hydrogen-bond donors (Lipinski definition) is 0. The van der Waals surface area contributed by atoms with Gasteiger partial charge in [-0.05, 0) is 85.4 Å². The molecule has 4 nitrogen and oxygen atoms in total.